The van der Waals surface area contributed by atoms with Crippen LogP contribution in [0.4, 0.5) is 0 Å². The van der Waals surface area contributed by atoms with Gasteiger partial charge in [0, 0.05) is 0 Å². The third-order valence-electron chi connectivity index (χ3n) is 0.854. The average Bonchev–Trinajstić information content (AvgIpc) is 2.16. The molecular formula is C6H10BaN4O2S4. The molecule has 0 heterocycles. The molecule has 11 heteroatoms. The molecule has 0 rings (SSSR count). The first-order valence-corrected chi connectivity index (χ1v) is 5.38. The van der Waals surface area contributed by atoms with E-state index in [9.17, 15) is 9.59 Å². The Hall–Kier alpha value is 1.05. The molecule has 6 N–H and O–H groups in total. The monoisotopic (exact) mass is 436 g/mol. The molecule has 0 spiro atoms. The van der Waals surface area contributed by atoms with E-state index < -0.39 is 0 Å². The molecule has 0 saturated heterocycles. The largest absolute Gasteiger partial charge is 2.00 e. The first kappa shape index (κ1) is 23.2. The summed E-state index contributed by atoms with van der Waals surface area (Å²) in [5.74, 6) is -0.685. The van der Waals surface area contributed by atoms with Crippen molar-refractivity contribution in [3.05, 3.63) is 0 Å². The van der Waals surface area contributed by atoms with Crippen LogP contribution in [0.1, 0.15) is 0 Å². The topological polar surface area (TPSA) is 110 Å². The van der Waals surface area contributed by atoms with Crippen molar-refractivity contribution in [2.45, 2.75) is 0 Å². The molecule has 0 fully saturated rings. The molecule has 0 aromatic heterocycles. The van der Waals surface area contributed by atoms with Crippen LogP contribution in [0.2, 0.25) is 0 Å². The van der Waals surface area contributed by atoms with Crippen LogP contribution >= 0.6 is 24.4 Å². The fourth-order valence-corrected chi connectivity index (χ4v) is 0.785. The summed E-state index contributed by atoms with van der Waals surface area (Å²) in [5.41, 5.74) is 9.80. The molecule has 6 nitrogen and oxygen atoms in total. The predicted octanol–water partition coefficient (Wildman–Crippen LogP) is -2.59. The van der Waals surface area contributed by atoms with E-state index in [0.717, 1.165) is 0 Å². The van der Waals surface area contributed by atoms with Crippen molar-refractivity contribution in [2.75, 3.05) is 13.1 Å². The summed E-state index contributed by atoms with van der Waals surface area (Å²) in [5, 5.41) is 4.35. The van der Waals surface area contributed by atoms with Gasteiger partial charge in [0.25, 0.3) is 0 Å². The summed E-state index contributed by atoms with van der Waals surface area (Å²) in [4.78, 5) is 20.5. The van der Waals surface area contributed by atoms with Gasteiger partial charge in [-0.1, -0.05) is 8.64 Å². The van der Waals surface area contributed by atoms with Gasteiger partial charge in [-0.2, -0.15) is 0 Å². The number of amides is 2. The Morgan fingerprint density at radius 1 is 0.941 bits per heavy atom. The maximum atomic E-state index is 10.2. The standard InChI is InChI=1S/2C3H6N2OS2.Ba/c2*4-1-2(6)5-3(7)8;/h2*1,4H2,(H2,5,6,7,8);/q;;+2/p-2. The molecule has 0 aromatic rings. The van der Waals surface area contributed by atoms with Gasteiger partial charge in [0.1, 0.15) is 0 Å². The van der Waals surface area contributed by atoms with Gasteiger partial charge >= 0.3 is 48.9 Å². The summed E-state index contributed by atoms with van der Waals surface area (Å²) >= 11 is 17.5. The van der Waals surface area contributed by atoms with E-state index in [0.29, 0.717) is 0 Å². The van der Waals surface area contributed by atoms with Crippen molar-refractivity contribution in [1.29, 1.82) is 0 Å². The number of carbonyl (C=O) groups is 2. The van der Waals surface area contributed by atoms with Crippen LogP contribution in [0.5, 0.6) is 0 Å². The fourth-order valence-electron chi connectivity index (χ4n) is 0.330. The van der Waals surface area contributed by atoms with Gasteiger partial charge in [-0.3, -0.25) is 9.59 Å². The van der Waals surface area contributed by atoms with E-state index in [1.807, 2.05) is 0 Å². The number of thiocarbonyl (C=S) groups is 2. The SMILES string of the molecule is NCC(=O)NC(=S)[S-].NCC(=O)NC(=S)[S-].[Ba+2]. The van der Waals surface area contributed by atoms with Gasteiger partial charge < -0.3 is 71.8 Å². The summed E-state index contributed by atoms with van der Waals surface area (Å²) < 4.78 is 0.0842. The van der Waals surface area contributed by atoms with Crippen molar-refractivity contribution in [1.82, 2.24) is 10.6 Å². The molecule has 0 aliphatic heterocycles. The van der Waals surface area contributed by atoms with Crippen molar-refractivity contribution in [2.24, 2.45) is 11.5 Å². The van der Waals surface area contributed by atoms with Crippen LogP contribution in [-0.2, 0) is 34.8 Å². The zero-order chi connectivity index (χ0) is 13.1. The maximum Gasteiger partial charge on any atom is 2.00 e. The first-order valence-electron chi connectivity index (χ1n) is 3.75. The smallest absolute Gasteiger partial charge is 0.411 e. The van der Waals surface area contributed by atoms with Crippen LogP contribution in [0.25, 0.3) is 0 Å². The number of rotatable bonds is 2. The van der Waals surface area contributed by atoms with Crippen molar-refractivity contribution in [3.63, 3.8) is 0 Å². The Labute approximate surface area is 161 Å². The van der Waals surface area contributed by atoms with Crippen LogP contribution in [0.3, 0.4) is 0 Å². The number of hydrogen-bond donors (Lipinski definition) is 4. The number of nitrogens with one attached hydrogen (secondary N) is 2. The molecule has 0 saturated carbocycles. The summed E-state index contributed by atoms with van der Waals surface area (Å²) in [6, 6.07) is 0. The van der Waals surface area contributed by atoms with Crippen molar-refractivity contribution in [3.8, 4) is 0 Å². The Balaban J connectivity index is -0.000000218. The van der Waals surface area contributed by atoms with Crippen LogP contribution in [0.15, 0.2) is 0 Å². The summed E-state index contributed by atoms with van der Waals surface area (Å²) in [7, 11) is 0. The zero-order valence-corrected chi connectivity index (χ0v) is 16.4. The second kappa shape index (κ2) is 15.1. The summed E-state index contributed by atoms with van der Waals surface area (Å²) in [6.07, 6.45) is 0. The molecule has 0 atom stereocenters. The fraction of sp³-hybridized carbons (Fsp3) is 0.333. The minimum Gasteiger partial charge on any atom is -0.411 e. The second-order valence-electron chi connectivity index (χ2n) is 2.08. The first-order chi connectivity index (χ1) is 7.33. The van der Waals surface area contributed by atoms with Crippen LogP contribution in [-0.4, -0.2) is 82.4 Å². The van der Waals surface area contributed by atoms with Gasteiger partial charge in [-0.15, -0.1) is 0 Å². The minimum atomic E-state index is -0.343. The Bertz CT molecular complexity index is 261. The van der Waals surface area contributed by atoms with Crippen LogP contribution in [0, 0.1) is 0 Å². The number of hydrogen-bond acceptors (Lipinski definition) is 8. The molecule has 0 aliphatic rings. The van der Waals surface area contributed by atoms with E-state index in [1.165, 1.54) is 0 Å². The molecule has 17 heavy (non-hydrogen) atoms. The molecule has 0 aromatic carbocycles. The summed E-state index contributed by atoms with van der Waals surface area (Å²) in [6.45, 7) is -0.145. The third-order valence-corrected chi connectivity index (χ3v) is 1.26. The van der Waals surface area contributed by atoms with Gasteiger partial charge in [-0.25, -0.2) is 0 Å². The molecule has 0 bridgehead atoms. The Morgan fingerprint density at radius 2 is 1.18 bits per heavy atom. The Morgan fingerprint density at radius 3 is 1.24 bits per heavy atom. The van der Waals surface area contributed by atoms with Gasteiger partial charge in [-0.05, 0) is 0 Å². The molecule has 92 valence electrons. The maximum absolute atomic E-state index is 10.2. The third kappa shape index (κ3) is 22.7. The quantitative estimate of drug-likeness (QED) is 0.212. The zero-order valence-electron chi connectivity index (χ0n) is 8.73. The molecule has 0 radical (unpaired) electrons. The van der Waals surface area contributed by atoms with Crippen molar-refractivity contribution < 1.29 is 9.59 Å². The predicted molar refractivity (Wildman–Crippen MR) is 80.1 cm³/mol. The Kier molecular flexibility index (Phi) is 20.6. The molecular weight excluding hydrogens is 426 g/mol. The molecule has 0 aliphatic carbocycles. The van der Waals surface area contributed by atoms with Gasteiger partial charge in [0.05, 0.1) is 13.1 Å². The second-order valence-corrected chi connectivity index (χ2v) is 4.23. The number of carbonyl (C=O) groups excluding carboxylic acids is 2. The molecule has 2 amide bonds. The van der Waals surface area contributed by atoms with Gasteiger partial charge in [0.2, 0.25) is 11.8 Å². The van der Waals surface area contributed by atoms with E-state index in [-0.39, 0.29) is 82.4 Å². The van der Waals surface area contributed by atoms with E-state index in [1.54, 1.807) is 0 Å². The van der Waals surface area contributed by atoms with Gasteiger partial charge in [0.15, 0.2) is 0 Å². The van der Waals surface area contributed by atoms with E-state index in [2.05, 4.69) is 60.3 Å². The average molecular weight is 436 g/mol. The number of nitrogens with two attached hydrogens (primary N) is 2. The normalized spacial score (nSPS) is 7.65. The van der Waals surface area contributed by atoms with E-state index in [4.69, 9.17) is 11.5 Å². The molecule has 0 unspecified atom stereocenters. The van der Waals surface area contributed by atoms with Crippen molar-refractivity contribution >= 4 is 119 Å². The minimum absolute atomic E-state index is 0. The van der Waals surface area contributed by atoms with E-state index >= 15 is 0 Å². The van der Waals surface area contributed by atoms with Crippen LogP contribution < -0.4 is 22.1 Å².